The molecule has 0 saturated carbocycles. The van der Waals surface area contributed by atoms with Crippen LogP contribution in [0.3, 0.4) is 0 Å². The summed E-state index contributed by atoms with van der Waals surface area (Å²) in [6.45, 7) is -1.22. The fourth-order valence-electron chi connectivity index (χ4n) is 11.7. The number of hydrogen-bond donors (Lipinski definition) is 11. The SMILES string of the molecule is Cc1c(F)cc2nc3c(c4c2c1CC[C@@H]4NC(=O)COCNC(=O)CNC(=O)[C@H](Cc1ccccc1)NC(=O)CNC(=O)CNC(=O)CCCCCN1C([O-])=C([P+](CCC(=O)O)(CCC(=O)O)CCC(=O)O)CC1O)Cn1c-3cc2c(c1=O)COC(=O)[C@H]2O. The van der Waals surface area contributed by atoms with Gasteiger partial charge in [0.05, 0.1) is 104 Å². The molecule has 0 fully saturated rings. The number of cyclic esters (lactones) is 1. The van der Waals surface area contributed by atoms with Gasteiger partial charge in [0.1, 0.15) is 38.0 Å². The molecule has 0 radical (unpaired) electrons. The standard InChI is InChI=1S/C59H69FN9O19P/c1-31-33-11-12-38(53-35-27-69-41(54(35)67-39(52(33)53)22-37(31)60)21-34-36(57(69)84)28-88-59(86)55(34)82)65-47(74)29-87-30-64-45(72)25-63-56(83)40(20-32-8-4-2-5-9-32)66-46(73)26-62-44(71)24-61-43(70)10-6-3-7-16-68-48(75)23-42(58(68)85)89(17-13-49(76)77,18-14-50(78)79)19-15-51(80)81/h2,4-5,8-9,21-22,38,40,48,55,75,82H,3,6-7,10-20,23-30H2,1H3,(H9-,61,62,63,64,65,66,70,71,72,73,74,76,77,78,79,80,81,83,85)/t38-,40-,48?,55-/m0/s1. The van der Waals surface area contributed by atoms with E-state index in [1.807, 2.05) is 0 Å². The zero-order valence-electron chi connectivity index (χ0n) is 48.5. The summed E-state index contributed by atoms with van der Waals surface area (Å²) < 4.78 is 27.3. The summed E-state index contributed by atoms with van der Waals surface area (Å²) in [6, 6.07) is 9.54. The number of benzene rings is 2. The van der Waals surface area contributed by atoms with Crippen molar-refractivity contribution >= 4 is 77.5 Å². The van der Waals surface area contributed by atoms with Gasteiger partial charge < -0.3 is 81.5 Å². The topological polar surface area (TPSA) is 424 Å². The molecular weight excluding hydrogens is 1190 g/mol. The van der Waals surface area contributed by atoms with E-state index in [-0.39, 0.29) is 79.4 Å². The lowest BCUT2D eigenvalue weighted by Crippen LogP contribution is -2.52. The minimum absolute atomic E-state index is 0.0116. The number of fused-ring (bicyclic) bond motifs is 5. The molecule has 0 saturated heterocycles. The molecular formula is C59H69FN9O19P. The van der Waals surface area contributed by atoms with Crippen LogP contribution in [0.15, 0.2) is 58.5 Å². The second-order valence-corrected chi connectivity index (χ2v) is 26.3. The number of nitrogens with zero attached hydrogens (tertiary/aromatic N) is 3. The Kier molecular flexibility index (Phi) is 21.8. The molecule has 28 nitrogen and oxygen atoms in total. The molecule has 6 amide bonds. The maximum absolute atomic E-state index is 15.3. The molecule has 5 heterocycles. The van der Waals surface area contributed by atoms with Gasteiger partial charge in [-0.25, -0.2) is 14.2 Å². The Hall–Kier alpha value is -8.92. The number of esters is 1. The predicted molar refractivity (Wildman–Crippen MR) is 310 cm³/mol. The van der Waals surface area contributed by atoms with E-state index < -0.39 is 160 Å². The highest BCUT2D eigenvalue weighted by Gasteiger charge is 2.48. The van der Waals surface area contributed by atoms with Gasteiger partial charge in [0.25, 0.3) is 5.56 Å². The number of carboxylic acid groups (broad SMARTS) is 3. The molecule has 3 aliphatic heterocycles. The molecule has 8 rings (SSSR count). The quantitative estimate of drug-likeness (QED) is 0.0118. The van der Waals surface area contributed by atoms with Gasteiger partial charge in [-0.3, -0.25) is 47.9 Å². The second kappa shape index (κ2) is 29.4. The van der Waals surface area contributed by atoms with E-state index in [4.69, 9.17) is 14.5 Å². The van der Waals surface area contributed by atoms with Crippen LogP contribution in [0.5, 0.6) is 0 Å². The highest BCUT2D eigenvalue weighted by Crippen LogP contribution is 2.70. The maximum atomic E-state index is 15.3. The summed E-state index contributed by atoms with van der Waals surface area (Å²) >= 11 is 0. The van der Waals surface area contributed by atoms with Crippen LogP contribution in [-0.4, -0.2) is 170 Å². The Morgan fingerprint density at radius 2 is 1.45 bits per heavy atom. The van der Waals surface area contributed by atoms with Gasteiger partial charge in [-0.1, -0.05) is 36.8 Å². The third-order valence-corrected chi connectivity index (χ3v) is 21.0. The molecule has 4 atom stereocenters. The Morgan fingerprint density at radius 3 is 2.13 bits per heavy atom. The number of unbranched alkanes of at least 4 members (excludes halogenated alkanes) is 2. The summed E-state index contributed by atoms with van der Waals surface area (Å²) in [5.74, 6) is -9.59. The number of aryl methyl sites for hydroxylation is 1. The molecule has 4 aliphatic rings. The number of aromatic nitrogens is 2. The van der Waals surface area contributed by atoms with Crippen molar-refractivity contribution in [2.45, 2.75) is 115 Å². The van der Waals surface area contributed by atoms with Crippen molar-refractivity contribution in [2.75, 3.05) is 58.0 Å². The number of pyridine rings is 2. The first-order valence-electron chi connectivity index (χ1n) is 28.9. The van der Waals surface area contributed by atoms with E-state index in [9.17, 15) is 83.4 Å². The average Bonchev–Trinajstić information content (AvgIpc) is 1.73. The summed E-state index contributed by atoms with van der Waals surface area (Å²) in [4.78, 5) is 145. The predicted octanol–water partition coefficient (Wildman–Crippen LogP) is -0.212. The lowest BCUT2D eigenvalue weighted by Gasteiger charge is -2.32. The number of halogens is 1. The van der Waals surface area contributed by atoms with E-state index in [1.54, 1.807) is 37.3 Å². The minimum atomic E-state index is -2.92. The average molecular weight is 1260 g/mol. The van der Waals surface area contributed by atoms with E-state index >= 15 is 4.39 Å². The summed E-state index contributed by atoms with van der Waals surface area (Å²) in [5, 5.41) is 79.4. The molecule has 1 aliphatic carbocycles. The van der Waals surface area contributed by atoms with Crippen LogP contribution < -0.4 is 42.6 Å². The van der Waals surface area contributed by atoms with Crippen molar-refractivity contribution in [3.05, 3.63) is 109 Å². The summed E-state index contributed by atoms with van der Waals surface area (Å²) in [5.41, 5.74) is 3.64. The lowest BCUT2D eigenvalue weighted by atomic mass is 9.81. The highest BCUT2D eigenvalue weighted by atomic mass is 31.2. The number of carbonyl (C=O) groups excluding carboxylic acids is 7. The molecule has 2 aromatic carbocycles. The van der Waals surface area contributed by atoms with Crippen LogP contribution in [0.2, 0.25) is 0 Å². The first-order valence-corrected chi connectivity index (χ1v) is 31.2. The molecule has 30 heteroatoms. The van der Waals surface area contributed by atoms with Crippen molar-refractivity contribution in [3.63, 3.8) is 0 Å². The Balaban J connectivity index is 0.761. The van der Waals surface area contributed by atoms with E-state index in [0.717, 1.165) is 0 Å². The van der Waals surface area contributed by atoms with Gasteiger partial charge in [0.2, 0.25) is 35.4 Å². The largest absolute Gasteiger partial charge is 0.858 e. The number of ether oxygens (including phenoxy) is 2. The number of amides is 6. The second-order valence-electron chi connectivity index (χ2n) is 22.1. The normalized spacial score (nSPS) is 16.7. The van der Waals surface area contributed by atoms with Crippen molar-refractivity contribution in [1.82, 2.24) is 46.4 Å². The van der Waals surface area contributed by atoms with Gasteiger partial charge in [-0.05, 0) is 66.8 Å². The van der Waals surface area contributed by atoms with E-state index in [1.165, 1.54) is 21.6 Å². The van der Waals surface area contributed by atoms with E-state index in [2.05, 4.69) is 31.9 Å². The zero-order valence-corrected chi connectivity index (χ0v) is 49.4. The van der Waals surface area contributed by atoms with Gasteiger partial charge in [0, 0.05) is 49.2 Å². The highest BCUT2D eigenvalue weighted by molar-refractivity contribution is 7.79. The molecule has 0 bridgehead atoms. The summed E-state index contributed by atoms with van der Waals surface area (Å²) in [6.07, 6.45) is -2.92. The van der Waals surface area contributed by atoms with Crippen LogP contribution in [0, 0.1) is 12.7 Å². The molecule has 11 N–H and O–H groups in total. The number of carboxylic acids is 3. The fraction of sp³-hybridized carbons (Fsp3) is 0.458. The fourth-order valence-corrected chi connectivity index (χ4v) is 16.1. The Morgan fingerprint density at radius 1 is 0.798 bits per heavy atom. The number of carbonyl (C=O) groups is 10. The van der Waals surface area contributed by atoms with Gasteiger partial charge in [0.15, 0.2) is 6.10 Å². The molecule has 1 unspecified atom stereocenters. The number of aliphatic hydroxyl groups excluding tert-OH is 2. The first kappa shape index (κ1) is 66.0. The number of nitrogens with one attached hydrogen (secondary N) is 6. The van der Waals surface area contributed by atoms with Crippen molar-refractivity contribution in [3.8, 4) is 11.4 Å². The van der Waals surface area contributed by atoms with Crippen LogP contribution in [0.25, 0.3) is 22.3 Å². The molecule has 0 spiro atoms. The maximum Gasteiger partial charge on any atom is 0.340 e. The molecule has 4 aromatic rings. The van der Waals surface area contributed by atoms with Crippen LogP contribution >= 0.6 is 7.26 Å². The molecule has 2 aromatic heterocycles. The third kappa shape index (κ3) is 16.1. The minimum Gasteiger partial charge on any atom is -0.858 e. The zero-order chi connectivity index (χ0) is 64.3. The van der Waals surface area contributed by atoms with Crippen LogP contribution in [0.1, 0.15) is 109 Å². The number of aliphatic hydroxyl groups is 2. The number of hydrogen-bond acceptors (Lipinski definition) is 18. The van der Waals surface area contributed by atoms with Gasteiger partial charge >= 0.3 is 23.9 Å². The first-order chi connectivity index (χ1) is 42.4. The van der Waals surface area contributed by atoms with Crippen LogP contribution in [0.4, 0.5) is 4.39 Å². The van der Waals surface area contributed by atoms with Crippen molar-refractivity contribution in [1.29, 1.82) is 0 Å². The summed E-state index contributed by atoms with van der Waals surface area (Å²) in [7, 11) is -2.92. The van der Waals surface area contributed by atoms with Gasteiger partial charge in [-0.15, -0.1) is 0 Å². The number of aliphatic carboxylic acids is 3. The van der Waals surface area contributed by atoms with E-state index in [0.29, 0.717) is 76.7 Å². The smallest absolute Gasteiger partial charge is 0.340 e. The molecule has 476 valence electrons. The van der Waals surface area contributed by atoms with Crippen molar-refractivity contribution < 1.29 is 92.4 Å². The third-order valence-electron chi connectivity index (χ3n) is 16.2. The Bertz CT molecular complexity index is 3520. The monoisotopic (exact) mass is 1260 g/mol. The lowest BCUT2D eigenvalue weighted by molar-refractivity contribution is -0.337. The van der Waals surface area contributed by atoms with Crippen LogP contribution in [-0.2, 0) is 83.4 Å². The Labute approximate surface area is 507 Å². The molecule has 89 heavy (non-hydrogen) atoms. The number of rotatable bonds is 31. The van der Waals surface area contributed by atoms with Gasteiger partial charge in [-0.2, -0.15) is 0 Å². The van der Waals surface area contributed by atoms with Crippen molar-refractivity contribution in [2.24, 2.45) is 0 Å².